The zero-order chi connectivity index (χ0) is 30.8. The van der Waals surface area contributed by atoms with Crippen LogP contribution in [0.4, 0.5) is 9.18 Å². The number of halogens is 2. The molecule has 1 fully saturated rings. The van der Waals surface area contributed by atoms with Crippen molar-refractivity contribution in [3.63, 3.8) is 0 Å². The van der Waals surface area contributed by atoms with Gasteiger partial charge >= 0.3 is 6.03 Å². The second-order valence-electron chi connectivity index (χ2n) is 10.6. The number of imidazole rings is 1. The van der Waals surface area contributed by atoms with Gasteiger partial charge in [-0.15, -0.1) is 0 Å². The normalized spacial score (nSPS) is 16.1. The van der Waals surface area contributed by atoms with Crippen LogP contribution in [-0.2, 0) is 9.59 Å². The maximum atomic E-state index is 15.0. The number of amides is 4. The molecule has 222 valence electrons. The molecule has 2 heterocycles. The molecule has 0 bridgehead atoms. The van der Waals surface area contributed by atoms with Gasteiger partial charge in [-0.05, 0) is 71.0 Å². The van der Waals surface area contributed by atoms with Crippen molar-refractivity contribution in [1.82, 2.24) is 25.1 Å². The van der Waals surface area contributed by atoms with Crippen LogP contribution < -0.4 is 10.1 Å². The molecule has 0 unspecified atom stereocenters. The number of hydrogen-bond donors (Lipinski definition) is 2. The highest BCUT2D eigenvalue weighted by molar-refractivity contribution is 14.1. The Morgan fingerprint density at radius 1 is 1.09 bits per heavy atom. The minimum Gasteiger partial charge on any atom is -0.484 e. The highest BCUT2D eigenvalue weighted by atomic mass is 127. The highest BCUT2D eigenvalue weighted by Crippen LogP contribution is 2.40. The molecule has 3 aromatic carbocycles. The predicted octanol–water partition coefficient (Wildman–Crippen LogP) is 5.73. The second-order valence-corrected chi connectivity index (χ2v) is 11.8. The van der Waals surface area contributed by atoms with Crippen molar-refractivity contribution >= 4 is 40.4 Å². The maximum absolute atomic E-state index is 15.0. The van der Waals surface area contributed by atoms with Gasteiger partial charge in [0.25, 0.3) is 11.8 Å². The first-order valence-electron chi connectivity index (χ1n) is 13.7. The molecule has 4 amide bonds. The van der Waals surface area contributed by atoms with Crippen LogP contribution in [0, 0.1) is 16.3 Å². The van der Waals surface area contributed by atoms with Crippen molar-refractivity contribution in [1.29, 1.82) is 0 Å². The topological polar surface area (TPSA) is 108 Å². The first-order chi connectivity index (χ1) is 20.5. The fourth-order valence-electron chi connectivity index (χ4n) is 5.10. The Hall–Kier alpha value is -4.26. The Bertz CT molecular complexity index is 1660. The predicted molar refractivity (Wildman–Crippen MR) is 168 cm³/mol. The molecular formula is C32H31FIN5O4. The van der Waals surface area contributed by atoms with E-state index in [1.54, 1.807) is 57.4 Å². The van der Waals surface area contributed by atoms with Gasteiger partial charge in [0.1, 0.15) is 29.5 Å². The lowest BCUT2D eigenvalue weighted by atomic mass is 9.91. The summed E-state index contributed by atoms with van der Waals surface area (Å²) in [6.45, 7) is 3.60. The summed E-state index contributed by atoms with van der Waals surface area (Å²) in [6, 6.07) is 18.9. The number of aromatic nitrogens is 2. The molecule has 1 saturated heterocycles. The van der Waals surface area contributed by atoms with Gasteiger partial charge in [0.05, 0.1) is 5.69 Å². The van der Waals surface area contributed by atoms with E-state index in [1.807, 2.05) is 59.8 Å². The van der Waals surface area contributed by atoms with Crippen LogP contribution in [0.1, 0.15) is 47.6 Å². The summed E-state index contributed by atoms with van der Waals surface area (Å²) < 4.78 is 21.3. The smallest absolute Gasteiger partial charge is 0.325 e. The van der Waals surface area contributed by atoms with Crippen molar-refractivity contribution < 1.29 is 23.5 Å². The first-order valence-corrected chi connectivity index (χ1v) is 14.8. The van der Waals surface area contributed by atoms with Gasteiger partial charge in [-0.1, -0.05) is 49.4 Å². The molecule has 5 rings (SSSR count). The van der Waals surface area contributed by atoms with Gasteiger partial charge in [0.2, 0.25) is 0 Å². The molecule has 0 aliphatic carbocycles. The molecule has 2 N–H and O–H groups in total. The van der Waals surface area contributed by atoms with E-state index >= 15 is 0 Å². The first kappa shape index (κ1) is 30.2. The molecule has 11 heteroatoms. The summed E-state index contributed by atoms with van der Waals surface area (Å²) in [5, 5.41) is 2.81. The molecule has 1 aromatic heterocycles. The van der Waals surface area contributed by atoms with Crippen molar-refractivity contribution in [3.8, 4) is 17.0 Å². The number of aryl methyl sites for hydroxylation is 1. The Kier molecular flexibility index (Phi) is 8.81. The van der Waals surface area contributed by atoms with Crippen LogP contribution in [-0.4, -0.2) is 58.3 Å². The zero-order valence-electron chi connectivity index (χ0n) is 24.1. The third-order valence-electron chi connectivity index (χ3n) is 7.49. The van der Waals surface area contributed by atoms with E-state index in [1.165, 1.54) is 15.9 Å². The van der Waals surface area contributed by atoms with Crippen LogP contribution in [0.15, 0.2) is 72.8 Å². The molecule has 3 atom stereocenters. The number of rotatable bonds is 9. The van der Waals surface area contributed by atoms with Crippen LogP contribution >= 0.6 is 22.6 Å². The van der Waals surface area contributed by atoms with E-state index in [0.717, 1.165) is 9.13 Å². The summed E-state index contributed by atoms with van der Waals surface area (Å²) in [4.78, 5) is 50.0. The van der Waals surface area contributed by atoms with Gasteiger partial charge in [0, 0.05) is 34.8 Å². The van der Waals surface area contributed by atoms with Crippen LogP contribution in [0.25, 0.3) is 11.3 Å². The average molecular weight is 696 g/mol. The quantitative estimate of drug-likeness (QED) is 0.172. The van der Waals surface area contributed by atoms with E-state index in [4.69, 9.17) is 9.72 Å². The Labute approximate surface area is 262 Å². The van der Waals surface area contributed by atoms with E-state index in [0.29, 0.717) is 34.1 Å². The Morgan fingerprint density at radius 2 is 1.79 bits per heavy atom. The molecule has 0 radical (unpaired) electrons. The number of benzene rings is 3. The fourth-order valence-corrected chi connectivity index (χ4v) is 5.56. The van der Waals surface area contributed by atoms with E-state index in [2.05, 4.69) is 10.3 Å². The molecule has 4 aromatic rings. The SMILES string of the molecule is Cc1[nH]c([C@H]([C@@H](C)c2ccccc2)N2C(=O)N[C@H](c3ccc(OCC(=O)N(C)C)cc3)C2=O)nc1-c1ccc(I)cc1F. The van der Waals surface area contributed by atoms with E-state index < -0.39 is 29.8 Å². The Morgan fingerprint density at radius 3 is 2.44 bits per heavy atom. The number of hydrogen-bond acceptors (Lipinski definition) is 5. The number of carbonyl (C=O) groups is 3. The lowest BCUT2D eigenvalue weighted by Crippen LogP contribution is -2.38. The number of urea groups is 1. The molecule has 1 aliphatic rings. The third kappa shape index (κ3) is 6.26. The highest BCUT2D eigenvalue weighted by Gasteiger charge is 2.46. The van der Waals surface area contributed by atoms with Crippen LogP contribution in [0.2, 0.25) is 0 Å². The zero-order valence-corrected chi connectivity index (χ0v) is 26.3. The summed E-state index contributed by atoms with van der Waals surface area (Å²) in [5.74, 6) is -0.540. The standard InChI is InChI=1S/C32H31FIN5O4/c1-18(20-8-6-5-7-9-20)29(30-35-19(2)27(36-30)24-15-12-22(34)16-25(24)33)39-31(41)28(37-32(39)42)21-10-13-23(14-11-21)43-17-26(40)38(3)4/h5-16,18,28-29H,17H2,1-4H3,(H,35,36)(H,37,42)/t18-,28+,29-/m0/s1. The molecule has 0 spiro atoms. The summed E-state index contributed by atoms with van der Waals surface area (Å²) >= 11 is 2.05. The molecule has 43 heavy (non-hydrogen) atoms. The summed E-state index contributed by atoms with van der Waals surface area (Å²) in [6.07, 6.45) is 0. The number of likely N-dealkylation sites (N-methyl/N-ethyl adjacent to an activating group) is 1. The number of ether oxygens (including phenoxy) is 1. The van der Waals surface area contributed by atoms with Gasteiger partial charge in [0.15, 0.2) is 6.61 Å². The average Bonchev–Trinajstić information content (AvgIpc) is 3.51. The number of nitrogens with zero attached hydrogens (tertiary/aromatic N) is 3. The van der Waals surface area contributed by atoms with Crippen molar-refractivity contribution in [2.45, 2.75) is 31.8 Å². The number of imide groups is 1. The second kappa shape index (κ2) is 12.5. The number of aromatic amines is 1. The fraction of sp³-hybridized carbons (Fsp3) is 0.250. The molecule has 9 nitrogen and oxygen atoms in total. The Balaban J connectivity index is 1.48. The van der Waals surface area contributed by atoms with E-state index in [-0.39, 0.29) is 18.4 Å². The van der Waals surface area contributed by atoms with Crippen molar-refractivity contribution in [2.75, 3.05) is 20.7 Å². The van der Waals surface area contributed by atoms with Gasteiger partial charge in [-0.25, -0.2) is 14.2 Å². The molecule has 0 saturated carbocycles. The number of nitrogens with one attached hydrogen (secondary N) is 2. The van der Waals surface area contributed by atoms with Gasteiger partial charge < -0.3 is 19.9 Å². The third-order valence-corrected chi connectivity index (χ3v) is 8.16. The number of carbonyl (C=O) groups excluding carboxylic acids is 3. The van der Waals surface area contributed by atoms with Crippen LogP contribution in [0.3, 0.4) is 0 Å². The van der Waals surface area contributed by atoms with Crippen LogP contribution in [0.5, 0.6) is 5.75 Å². The minimum absolute atomic E-state index is 0.116. The maximum Gasteiger partial charge on any atom is 0.325 e. The lowest BCUT2D eigenvalue weighted by Gasteiger charge is -2.29. The van der Waals surface area contributed by atoms with Gasteiger partial charge in [-0.2, -0.15) is 0 Å². The summed E-state index contributed by atoms with van der Waals surface area (Å²) in [5.41, 5.74) is 2.83. The molecular weight excluding hydrogens is 664 g/mol. The monoisotopic (exact) mass is 695 g/mol. The van der Waals surface area contributed by atoms with Gasteiger partial charge in [-0.3, -0.25) is 14.5 Å². The summed E-state index contributed by atoms with van der Waals surface area (Å²) in [7, 11) is 3.29. The van der Waals surface area contributed by atoms with Crippen molar-refractivity contribution in [2.24, 2.45) is 0 Å². The number of H-pyrrole nitrogens is 1. The molecule has 1 aliphatic heterocycles. The van der Waals surface area contributed by atoms with Crippen molar-refractivity contribution in [3.05, 3.63) is 105 Å². The lowest BCUT2D eigenvalue weighted by molar-refractivity contribution is -0.131. The van der Waals surface area contributed by atoms with E-state index in [9.17, 15) is 18.8 Å². The largest absolute Gasteiger partial charge is 0.484 e. The minimum atomic E-state index is -0.931.